The third kappa shape index (κ3) is 5.07. The number of nitrogens with zero attached hydrogens (tertiary/aromatic N) is 1. The maximum atomic E-state index is 6.17. The second-order valence-corrected chi connectivity index (χ2v) is 5.94. The van der Waals surface area contributed by atoms with Crippen LogP contribution in [-0.2, 0) is 6.54 Å². The minimum absolute atomic E-state index is 0. The maximum absolute atomic E-state index is 6.17. The third-order valence-corrected chi connectivity index (χ3v) is 3.97. The van der Waals surface area contributed by atoms with Crippen molar-refractivity contribution in [2.45, 2.75) is 16.3 Å². The standard InChI is InChI=1S/C15H16ClNS.ClH/c1-17(2)11-12-6-5-7-13(10-12)18-15-9-4-3-8-14(15)16;/h3-10H,11H2,1-2H3;1H. The highest BCUT2D eigenvalue weighted by atomic mass is 35.5. The molecule has 0 N–H and O–H groups in total. The summed E-state index contributed by atoms with van der Waals surface area (Å²) in [5, 5.41) is 0.806. The lowest BCUT2D eigenvalue weighted by atomic mass is 10.2. The molecule has 2 aromatic carbocycles. The summed E-state index contributed by atoms with van der Waals surface area (Å²) in [4.78, 5) is 4.49. The number of hydrogen-bond donors (Lipinski definition) is 0. The zero-order valence-electron chi connectivity index (χ0n) is 11.0. The molecule has 0 saturated heterocycles. The Hall–Kier alpha value is -0.670. The molecule has 0 spiro atoms. The fraction of sp³-hybridized carbons (Fsp3) is 0.200. The first-order chi connectivity index (χ1) is 8.65. The maximum Gasteiger partial charge on any atom is 0.0545 e. The van der Waals surface area contributed by atoms with Crippen molar-refractivity contribution in [2.75, 3.05) is 14.1 Å². The molecule has 2 rings (SSSR count). The number of rotatable bonds is 4. The Balaban J connectivity index is 0.00000180. The van der Waals surface area contributed by atoms with Crippen LogP contribution in [0.25, 0.3) is 0 Å². The Bertz CT molecular complexity index is 529. The van der Waals surface area contributed by atoms with Crippen LogP contribution in [0.1, 0.15) is 5.56 Å². The predicted octanol–water partition coefficient (Wildman–Crippen LogP) is 4.97. The topological polar surface area (TPSA) is 3.24 Å². The average molecular weight is 314 g/mol. The van der Waals surface area contributed by atoms with Crippen molar-refractivity contribution in [3.05, 3.63) is 59.1 Å². The van der Waals surface area contributed by atoms with Crippen molar-refractivity contribution in [3.63, 3.8) is 0 Å². The van der Waals surface area contributed by atoms with E-state index in [0.717, 1.165) is 16.5 Å². The Labute approximate surface area is 130 Å². The molecule has 0 heterocycles. The van der Waals surface area contributed by atoms with Gasteiger partial charge in [0, 0.05) is 16.3 Å². The van der Waals surface area contributed by atoms with Crippen molar-refractivity contribution in [3.8, 4) is 0 Å². The van der Waals surface area contributed by atoms with Crippen molar-refractivity contribution >= 4 is 35.8 Å². The van der Waals surface area contributed by atoms with E-state index in [-0.39, 0.29) is 12.4 Å². The lowest BCUT2D eigenvalue weighted by Crippen LogP contribution is -2.10. The molecule has 0 aliphatic rings. The molecule has 0 radical (unpaired) electrons. The largest absolute Gasteiger partial charge is 0.305 e. The van der Waals surface area contributed by atoms with Gasteiger partial charge in [0.05, 0.1) is 5.02 Å². The highest BCUT2D eigenvalue weighted by Gasteiger charge is 2.03. The molecular formula is C15H17Cl2NS. The highest BCUT2D eigenvalue weighted by molar-refractivity contribution is 7.99. The van der Waals surface area contributed by atoms with Gasteiger partial charge < -0.3 is 4.90 Å². The summed E-state index contributed by atoms with van der Waals surface area (Å²) in [5.41, 5.74) is 1.32. The Morgan fingerprint density at radius 2 is 1.79 bits per heavy atom. The van der Waals surface area contributed by atoms with E-state index in [1.807, 2.05) is 24.3 Å². The molecule has 2 aromatic rings. The minimum Gasteiger partial charge on any atom is -0.305 e. The van der Waals surface area contributed by atoms with Crippen LogP contribution in [0.5, 0.6) is 0 Å². The van der Waals surface area contributed by atoms with Crippen LogP contribution in [0.3, 0.4) is 0 Å². The van der Waals surface area contributed by atoms with E-state index in [4.69, 9.17) is 11.6 Å². The first kappa shape index (κ1) is 16.4. The second-order valence-electron chi connectivity index (χ2n) is 4.42. The van der Waals surface area contributed by atoms with Crippen LogP contribution in [0.2, 0.25) is 5.02 Å². The molecule has 4 heteroatoms. The van der Waals surface area contributed by atoms with E-state index in [0.29, 0.717) is 0 Å². The van der Waals surface area contributed by atoms with Crippen molar-refractivity contribution in [1.29, 1.82) is 0 Å². The van der Waals surface area contributed by atoms with Gasteiger partial charge in [-0.3, -0.25) is 0 Å². The first-order valence-electron chi connectivity index (χ1n) is 5.81. The van der Waals surface area contributed by atoms with Gasteiger partial charge in [0.2, 0.25) is 0 Å². The van der Waals surface area contributed by atoms with Crippen LogP contribution >= 0.6 is 35.8 Å². The average Bonchev–Trinajstić information content (AvgIpc) is 2.32. The monoisotopic (exact) mass is 313 g/mol. The van der Waals surface area contributed by atoms with E-state index in [2.05, 4.69) is 43.3 Å². The molecule has 1 nitrogen and oxygen atoms in total. The van der Waals surface area contributed by atoms with E-state index < -0.39 is 0 Å². The van der Waals surface area contributed by atoms with Gasteiger partial charge >= 0.3 is 0 Å². The van der Waals surface area contributed by atoms with E-state index >= 15 is 0 Å². The van der Waals surface area contributed by atoms with E-state index in [1.165, 1.54) is 10.5 Å². The van der Waals surface area contributed by atoms with E-state index in [1.54, 1.807) is 11.8 Å². The lowest BCUT2D eigenvalue weighted by molar-refractivity contribution is 0.402. The Morgan fingerprint density at radius 1 is 1.05 bits per heavy atom. The second kappa shape index (κ2) is 7.81. The highest BCUT2D eigenvalue weighted by Crippen LogP contribution is 2.33. The molecule has 0 bridgehead atoms. The molecule has 0 atom stereocenters. The number of benzene rings is 2. The van der Waals surface area contributed by atoms with Gasteiger partial charge in [-0.25, -0.2) is 0 Å². The van der Waals surface area contributed by atoms with Gasteiger partial charge in [0.15, 0.2) is 0 Å². The molecular weight excluding hydrogens is 297 g/mol. The fourth-order valence-electron chi connectivity index (χ4n) is 1.73. The Morgan fingerprint density at radius 3 is 2.47 bits per heavy atom. The zero-order chi connectivity index (χ0) is 13.0. The molecule has 0 saturated carbocycles. The van der Waals surface area contributed by atoms with Crippen LogP contribution in [0.15, 0.2) is 58.3 Å². The summed E-state index contributed by atoms with van der Waals surface area (Å²) in [6.07, 6.45) is 0. The van der Waals surface area contributed by atoms with Crippen molar-refractivity contribution < 1.29 is 0 Å². The normalized spacial score (nSPS) is 10.3. The quantitative estimate of drug-likeness (QED) is 0.783. The first-order valence-corrected chi connectivity index (χ1v) is 7.00. The van der Waals surface area contributed by atoms with Crippen molar-refractivity contribution in [1.82, 2.24) is 4.90 Å². The molecule has 0 amide bonds. The SMILES string of the molecule is CN(C)Cc1cccc(Sc2ccccc2Cl)c1.Cl. The predicted molar refractivity (Wildman–Crippen MR) is 86.7 cm³/mol. The molecule has 0 aliphatic heterocycles. The van der Waals surface area contributed by atoms with Gasteiger partial charge in [-0.05, 0) is 43.9 Å². The smallest absolute Gasteiger partial charge is 0.0545 e. The van der Waals surface area contributed by atoms with Crippen molar-refractivity contribution in [2.24, 2.45) is 0 Å². The zero-order valence-corrected chi connectivity index (χ0v) is 13.4. The lowest BCUT2D eigenvalue weighted by Gasteiger charge is -2.11. The molecule has 0 aliphatic carbocycles. The summed E-state index contributed by atoms with van der Waals surface area (Å²) in [5.74, 6) is 0. The molecule has 19 heavy (non-hydrogen) atoms. The van der Waals surface area contributed by atoms with Crippen LogP contribution in [0, 0.1) is 0 Å². The summed E-state index contributed by atoms with van der Waals surface area (Å²) in [7, 11) is 4.15. The van der Waals surface area contributed by atoms with Crippen LogP contribution in [0.4, 0.5) is 0 Å². The van der Waals surface area contributed by atoms with Gasteiger partial charge in [0.1, 0.15) is 0 Å². The van der Waals surface area contributed by atoms with Gasteiger partial charge in [-0.1, -0.05) is 47.6 Å². The summed E-state index contributed by atoms with van der Waals surface area (Å²) < 4.78 is 0. The van der Waals surface area contributed by atoms with Gasteiger partial charge in [0.25, 0.3) is 0 Å². The van der Waals surface area contributed by atoms with Crippen LogP contribution in [-0.4, -0.2) is 19.0 Å². The molecule has 0 fully saturated rings. The number of hydrogen-bond acceptors (Lipinski definition) is 2. The third-order valence-electron chi connectivity index (χ3n) is 2.46. The molecule has 102 valence electrons. The summed E-state index contributed by atoms with van der Waals surface area (Å²) >= 11 is 7.87. The van der Waals surface area contributed by atoms with Gasteiger partial charge in [-0.15, -0.1) is 12.4 Å². The molecule has 0 unspecified atom stereocenters. The number of halogens is 2. The summed E-state index contributed by atoms with van der Waals surface area (Å²) in [6, 6.07) is 16.5. The fourth-order valence-corrected chi connectivity index (χ4v) is 2.90. The van der Waals surface area contributed by atoms with Gasteiger partial charge in [-0.2, -0.15) is 0 Å². The Kier molecular flexibility index (Phi) is 6.73. The van der Waals surface area contributed by atoms with Crippen LogP contribution < -0.4 is 0 Å². The minimum atomic E-state index is 0. The summed E-state index contributed by atoms with van der Waals surface area (Å²) in [6.45, 7) is 0.955. The molecule has 0 aromatic heterocycles. The van der Waals surface area contributed by atoms with E-state index in [9.17, 15) is 0 Å².